The van der Waals surface area contributed by atoms with Crippen LogP contribution in [0.15, 0.2) is 42.6 Å². The third kappa shape index (κ3) is 2.79. The number of nitrogens with one attached hydrogen (secondary N) is 1. The predicted molar refractivity (Wildman–Crippen MR) is 64.6 cm³/mol. The summed E-state index contributed by atoms with van der Waals surface area (Å²) in [5.74, 6) is 0.163. The maximum atomic E-state index is 13.3. The minimum absolute atomic E-state index is 0.0774. The van der Waals surface area contributed by atoms with Crippen molar-refractivity contribution in [2.24, 2.45) is 0 Å². The number of nitrogens with zero attached hydrogens (tertiary/aromatic N) is 2. The Balaban J connectivity index is 2.02. The lowest BCUT2D eigenvalue weighted by Crippen LogP contribution is -2.03. The van der Waals surface area contributed by atoms with E-state index < -0.39 is 4.92 Å². The molecule has 1 aromatic carbocycles. The van der Waals surface area contributed by atoms with Gasteiger partial charge < -0.3 is 5.32 Å². The smallest absolute Gasteiger partial charge is 0.287 e. The van der Waals surface area contributed by atoms with Gasteiger partial charge in [-0.25, -0.2) is 9.37 Å². The number of benzene rings is 1. The van der Waals surface area contributed by atoms with Gasteiger partial charge in [-0.3, -0.25) is 10.1 Å². The molecule has 0 aliphatic carbocycles. The van der Waals surface area contributed by atoms with Gasteiger partial charge in [-0.05, 0) is 12.1 Å². The number of rotatable bonds is 4. The molecule has 18 heavy (non-hydrogen) atoms. The van der Waals surface area contributed by atoms with E-state index in [1.54, 1.807) is 18.2 Å². The summed E-state index contributed by atoms with van der Waals surface area (Å²) in [6, 6.07) is 9.22. The highest BCUT2D eigenvalue weighted by Gasteiger charge is 2.05. The van der Waals surface area contributed by atoms with Crippen molar-refractivity contribution < 1.29 is 9.31 Å². The van der Waals surface area contributed by atoms with Gasteiger partial charge in [0.05, 0.1) is 4.92 Å². The Hall–Kier alpha value is -2.50. The second-order valence-electron chi connectivity index (χ2n) is 3.60. The van der Waals surface area contributed by atoms with E-state index >= 15 is 0 Å². The zero-order chi connectivity index (χ0) is 13.0. The van der Waals surface area contributed by atoms with Crippen molar-refractivity contribution in [2.75, 3.05) is 5.32 Å². The number of hydrogen-bond acceptors (Lipinski definition) is 4. The van der Waals surface area contributed by atoms with Gasteiger partial charge in [0.1, 0.15) is 17.8 Å². The highest BCUT2D eigenvalue weighted by Crippen LogP contribution is 2.13. The van der Waals surface area contributed by atoms with Crippen LogP contribution in [-0.4, -0.2) is 9.91 Å². The SMILES string of the molecule is O=[N+]([O-])c1ccc(NCc2ccccc2F)nc1. The maximum absolute atomic E-state index is 13.3. The molecule has 0 saturated carbocycles. The molecule has 1 heterocycles. The Bertz CT molecular complexity index is 558. The Morgan fingerprint density at radius 1 is 1.28 bits per heavy atom. The fraction of sp³-hybridized carbons (Fsp3) is 0.0833. The largest absolute Gasteiger partial charge is 0.366 e. The van der Waals surface area contributed by atoms with Crippen LogP contribution >= 0.6 is 0 Å². The molecule has 0 atom stereocenters. The third-order valence-corrected chi connectivity index (χ3v) is 2.38. The van der Waals surface area contributed by atoms with Gasteiger partial charge in [0.2, 0.25) is 0 Å². The molecule has 2 aromatic rings. The summed E-state index contributed by atoms with van der Waals surface area (Å²) in [4.78, 5) is 13.8. The van der Waals surface area contributed by atoms with Gasteiger partial charge in [0, 0.05) is 18.2 Å². The van der Waals surface area contributed by atoms with Crippen LogP contribution in [0.4, 0.5) is 15.9 Å². The standard InChI is InChI=1S/C12H10FN3O2/c13-11-4-2-1-3-9(11)7-14-12-6-5-10(8-15-12)16(17)18/h1-6,8H,7H2,(H,14,15). The highest BCUT2D eigenvalue weighted by molar-refractivity contribution is 5.40. The Morgan fingerprint density at radius 3 is 2.67 bits per heavy atom. The van der Waals surface area contributed by atoms with Crippen LogP contribution in [-0.2, 0) is 6.54 Å². The average molecular weight is 247 g/mol. The summed E-state index contributed by atoms with van der Waals surface area (Å²) >= 11 is 0. The van der Waals surface area contributed by atoms with Crippen LogP contribution in [0.3, 0.4) is 0 Å². The van der Waals surface area contributed by atoms with E-state index in [-0.39, 0.29) is 18.0 Å². The summed E-state index contributed by atoms with van der Waals surface area (Å²) in [5, 5.41) is 13.3. The van der Waals surface area contributed by atoms with Crippen LogP contribution < -0.4 is 5.32 Å². The van der Waals surface area contributed by atoms with Crippen molar-refractivity contribution in [3.05, 3.63) is 64.1 Å². The van der Waals surface area contributed by atoms with Crippen molar-refractivity contribution >= 4 is 11.5 Å². The first-order valence-corrected chi connectivity index (χ1v) is 5.24. The zero-order valence-electron chi connectivity index (χ0n) is 9.34. The molecular formula is C12H10FN3O2. The lowest BCUT2D eigenvalue weighted by Gasteiger charge is -2.05. The lowest BCUT2D eigenvalue weighted by atomic mass is 10.2. The Labute approximate surface area is 102 Å². The third-order valence-electron chi connectivity index (χ3n) is 2.38. The number of aromatic nitrogens is 1. The first-order valence-electron chi connectivity index (χ1n) is 5.24. The van der Waals surface area contributed by atoms with Crippen molar-refractivity contribution in [3.63, 3.8) is 0 Å². The second kappa shape index (κ2) is 5.22. The van der Waals surface area contributed by atoms with Gasteiger partial charge in [0.25, 0.3) is 5.69 Å². The van der Waals surface area contributed by atoms with Crippen LogP contribution in [0.25, 0.3) is 0 Å². The molecule has 0 bridgehead atoms. The first kappa shape index (κ1) is 12.0. The van der Waals surface area contributed by atoms with Crippen LogP contribution in [0.5, 0.6) is 0 Å². The molecule has 6 heteroatoms. The van der Waals surface area contributed by atoms with E-state index in [0.29, 0.717) is 11.4 Å². The van der Waals surface area contributed by atoms with E-state index in [0.717, 1.165) is 6.20 Å². The van der Waals surface area contributed by atoms with Crippen LogP contribution in [0.1, 0.15) is 5.56 Å². The molecule has 1 aromatic heterocycles. The molecule has 0 spiro atoms. The molecule has 5 nitrogen and oxygen atoms in total. The van der Waals surface area contributed by atoms with E-state index in [1.807, 2.05) is 0 Å². The van der Waals surface area contributed by atoms with Gasteiger partial charge in [-0.2, -0.15) is 0 Å². The number of pyridine rings is 1. The van der Waals surface area contributed by atoms with E-state index in [9.17, 15) is 14.5 Å². The van der Waals surface area contributed by atoms with Gasteiger partial charge in [-0.15, -0.1) is 0 Å². The normalized spacial score (nSPS) is 10.1. The monoisotopic (exact) mass is 247 g/mol. The van der Waals surface area contributed by atoms with Crippen molar-refractivity contribution in [1.82, 2.24) is 4.98 Å². The lowest BCUT2D eigenvalue weighted by molar-refractivity contribution is -0.385. The van der Waals surface area contributed by atoms with Crippen LogP contribution in [0, 0.1) is 15.9 Å². The summed E-state index contributed by atoms with van der Waals surface area (Å²) < 4.78 is 13.3. The molecule has 0 aliphatic rings. The number of hydrogen-bond donors (Lipinski definition) is 1. The summed E-state index contributed by atoms with van der Waals surface area (Å²) in [6.07, 6.45) is 1.16. The molecule has 1 N–H and O–H groups in total. The maximum Gasteiger partial charge on any atom is 0.287 e. The number of anilines is 1. The number of nitro groups is 1. The molecule has 0 aliphatic heterocycles. The van der Waals surface area contributed by atoms with Crippen molar-refractivity contribution in [3.8, 4) is 0 Å². The minimum Gasteiger partial charge on any atom is -0.366 e. The summed E-state index contributed by atoms with van der Waals surface area (Å²) in [6.45, 7) is 0.275. The van der Waals surface area contributed by atoms with Crippen molar-refractivity contribution in [2.45, 2.75) is 6.54 Å². The fourth-order valence-corrected chi connectivity index (χ4v) is 1.43. The van der Waals surface area contributed by atoms with Gasteiger partial charge >= 0.3 is 0 Å². The van der Waals surface area contributed by atoms with Crippen LogP contribution in [0.2, 0.25) is 0 Å². The van der Waals surface area contributed by atoms with E-state index in [2.05, 4.69) is 10.3 Å². The molecule has 0 fully saturated rings. The second-order valence-corrected chi connectivity index (χ2v) is 3.60. The highest BCUT2D eigenvalue weighted by atomic mass is 19.1. The molecular weight excluding hydrogens is 237 g/mol. The topological polar surface area (TPSA) is 68.1 Å². The molecule has 0 radical (unpaired) electrons. The molecule has 0 unspecified atom stereocenters. The summed E-state index contributed by atoms with van der Waals surface area (Å²) in [5.41, 5.74) is 0.434. The van der Waals surface area contributed by atoms with Gasteiger partial charge in [-0.1, -0.05) is 18.2 Å². The molecule has 0 saturated heterocycles. The number of halogens is 1. The van der Waals surface area contributed by atoms with Gasteiger partial charge in [0.15, 0.2) is 0 Å². The zero-order valence-corrected chi connectivity index (χ0v) is 9.34. The molecule has 92 valence electrons. The van der Waals surface area contributed by atoms with E-state index in [4.69, 9.17) is 0 Å². The van der Waals surface area contributed by atoms with Crippen molar-refractivity contribution in [1.29, 1.82) is 0 Å². The average Bonchev–Trinajstić information content (AvgIpc) is 2.38. The molecule has 2 rings (SSSR count). The Morgan fingerprint density at radius 2 is 2.06 bits per heavy atom. The summed E-state index contributed by atoms with van der Waals surface area (Å²) in [7, 11) is 0. The first-order chi connectivity index (χ1) is 8.66. The van der Waals surface area contributed by atoms with E-state index in [1.165, 1.54) is 18.2 Å². The fourth-order valence-electron chi connectivity index (χ4n) is 1.43. The quantitative estimate of drug-likeness (QED) is 0.666. The minimum atomic E-state index is -0.520. The Kier molecular flexibility index (Phi) is 3.47. The molecule has 0 amide bonds. The predicted octanol–water partition coefficient (Wildman–Crippen LogP) is 2.74.